The van der Waals surface area contributed by atoms with E-state index in [1.165, 1.54) is 0 Å². The standard InChI is InChI=1S/C22H22F6N2O3/c1-20(2,3)33-19(32)30-10-5-4-9-15(30)18(31)13-11-16(22(26,27)28)29-17-12(13)7-6-8-14(17)21(23,24)25/h6-8,11,15H,4-5,9-10H2,1-3H3/t15-/m1/s1. The number of hydrogen-bond acceptors (Lipinski definition) is 4. The van der Waals surface area contributed by atoms with Crippen LogP contribution in [-0.2, 0) is 17.1 Å². The van der Waals surface area contributed by atoms with Gasteiger partial charge < -0.3 is 4.74 Å². The highest BCUT2D eigenvalue weighted by atomic mass is 19.4. The molecule has 0 spiro atoms. The largest absolute Gasteiger partial charge is 0.444 e. The number of nitrogens with zero attached hydrogens (tertiary/aromatic N) is 2. The van der Waals surface area contributed by atoms with Crippen LogP contribution >= 0.6 is 0 Å². The molecule has 1 aromatic carbocycles. The van der Waals surface area contributed by atoms with E-state index in [0.717, 1.165) is 17.0 Å². The maximum Gasteiger partial charge on any atom is 0.433 e. The second kappa shape index (κ2) is 8.49. The molecule has 1 aliphatic rings. The summed E-state index contributed by atoms with van der Waals surface area (Å²) in [7, 11) is 0. The van der Waals surface area contributed by atoms with Crippen molar-refractivity contribution in [3.05, 3.63) is 41.1 Å². The van der Waals surface area contributed by atoms with Gasteiger partial charge in [-0.25, -0.2) is 9.78 Å². The van der Waals surface area contributed by atoms with Crippen molar-refractivity contribution in [2.24, 2.45) is 0 Å². The number of ether oxygens (including phenoxy) is 1. The lowest BCUT2D eigenvalue weighted by Gasteiger charge is -2.36. The highest BCUT2D eigenvalue weighted by molar-refractivity contribution is 6.11. The Morgan fingerprint density at radius 3 is 2.27 bits per heavy atom. The van der Waals surface area contributed by atoms with Crippen molar-refractivity contribution in [2.75, 3.05) is 6.54 Å². The first kappa shape index (κ1) is 24.8. The SMILES string of the molecule is CC(C)(C)OC(=O)N1CCCC[C@@H]1C(=O)c1cc(C(F)(F)F)nc2c(C(F)(F)F)cccc12. The number of amides is 1. The Morgan fingerprint density at radius 1 is 1.03 bits per heavy atom. The fourth-order valence-corrected chi connectivity index (χ4v) is 3.75. The number of carbonyl (C=O) groups is 2. The summed E-state index contributed by atoms with van der Waals surface area (Å²) in [5.41, 5.74) is -5.42. The van der Waals surface area contributed by atoms with Crippen LogP contribution in [0.2, 0.25) is 0 Å². The van der Waals surface area contributed by atoms with E-state index in [9.17, 15) is 35.9 Å². The van der Waals surface area contributed by atoms with Crippen LogP contribution < -0.4 is 0 Å². The number of benzene rings is 1. The van der Waals surface area contributed by atoms with Gasteiger partial charge in [0.1, 0.15) is 11.3 Å². The molecule has 11 heteroatoms. The molecule has 0 radical (unpaired) electrons. The molecule has 180 valence electrons. The zero-order chi connectivity index (χ0) is 24.8. The quantitative estimate of drug-likeness (QED) is 0.380. The molecular weight excluding hydrogens is 454 g/mol. The molecule has 1 saturated heterocycles. The Bertz CT molecular complexity index is 1070. The molecule has 1 atom stereocenters. The number of rotatable bonds is 2. The van der Waals surface area contributed by atoms with E-state index < -0.39 is 58.2 Å². The van der Waals surface area contributed by atoms with Gasteiger partial charge in [-0.05, 0) is 52.2 Å². The molecule has 5 nitrogen and oxygen atoms in total. The Labute approximate surface area is 185 Å². The Kier molecular flexibility index (Phi) is 6.38. The Morgan fingerprint density at radius 2 is 1.70 bits per heavy atom. The number of halogens is 6. The minimum absolute atomic E-state index is 0.133. The number of Topliss-reactive ketones (excluding diaryl/α,β-unsaturated/α-hetero) is 1. The number of piperidine rings is 1. The zero-order valence-corrected chi connectivity index (χ0v) is 18.1. The lowest BCUT2D eigenvalue weighted by atomic mass is 9.91. The van der Waals surface area contributed by atoms with Crippen LogP contribution in [0.4, 0.5) is 31.1 Å². The predicted octanol–water partition coefficient (Wildman–Crippen LogP) is 6.24. The van der Waals surface area contributed by atoms with E-state index >= 15 is 0 Å². The van der Waals surface area contributed by atoms with Crippen molar-refractivity contribution in [3.8, 4) is 0 Å². The van der Waals surface area contributed by atoms with Crippen molar-refractivity contribution in [1.82, 2.24) is 9.88 Å². The van der Waals surface area contributed by atoms with Gasteiger partial charge in [-0.2, -0.15) is 26.3 Å². The minimum atomic E-state index is -5.08. The average molecular weight is 476 g/mol. The van der Waals surface area contributed by atoms with Gasteiger partial charge in [0, 0.05) is 17.5 Å². The van der Waals surface area contributed by atoms with E-state index in [1.807, 2.05) is 0 Å². The fourth-order valence-electron chi connectivity index (χ4n) is 3.75. The molecule has 0 saturated carbocycles. The molecule has 2 aromatic rings. The molecule has 2 heterocycles. The van der Waals surface area contributed by atoms with E-state index in [2.05, 4.69) is 4.98 Å². The van der Waals surface area contributed by atoms with Crippen molar-refractivity contribution < 1.29 is 40.7 Å². The van der Waals surface area contributed by atoms with Crippen LogP contribution in [0.1, 0.15) is 61.6 Å². The molecule has 0 N–H and O–H groups in total. The number of hydrogen-bond donors (Lipinski definition) is 0. The monoisotopic (exact) mass is 476 g/mol. The third-order valence-electron chi connectivity index (χ3n) is 5.13. The number of para-hydroxylation sites is 1. The third kappa shape index (κ3) is 5.39. The number of aromatic nitrogens is 1. The molecule has 0 aliphatic carbocycles. The summed E-state index contributed by atoms with van der Waals surface area (Å²) < 4.78 is 86.2. The molecule has 1 fully saturated rings. The van der Waals surface area contributed by atoms with Gasteiger partial charge in [0.15, 0.2) is 5.78 Å². The van der Waals surface area contributed by atoms with Crippen molar-refractivity contribution in [1.29, 1.82) is 0 Å². The second-order valence-corrected chi connectivity index (χ2v) is 8.80. The average Bonchev–Trinajstić information content (AvgIpc) is 2.69. The molecule has 1 aliphatic heterocycles. The van der Waals surface area contributed by atoms with Crippen LogP contribution in [0.3, 0.4) is 0 Å². The van der Waals surface area contributed by atoms with Crippen LogP contribution in [0.5, 0.6) is 0 Å². The topological polar surface area (TPSA) is 59.5 Å². The fraction of sp³-hybridized carbons (Fsp3) is 0.500. The van der Waals surface area contributed by atoms with Gasteiger partial charge in [0.05, 0.1) is 17.1 Å². The summed E-state index contributed by atoms with van der Waals surface area (Å²) in [6.07, 6.45) is -9.68. The summed E-state index contributed by atoms with van der Waals surface area (Å²) in [5.74, 6) is -0.891. The van der Waals surface area contributed by atoms with Crippen molar-refractivity contribution in [2.45, 2.75) is 64.0 Å². The van der Waals surface area contributed by atoms with E-state index in [4.69, 9.17) is 4.74 Å². The molecule has 0 bridgehead atoms. The number of alkyl halides is 6. The van der Waals surface area contributed by atoms with Crippen molar-refractivity contribution in [3.63, 3.8) is 0 Å². The first-order valence-corrected chi connectivity index (χ1v) is 10.2. The lowest BCUT2D eigenvalue weighted by Crippen LogP contribution is -2.49. The molecule has 1 amide bonds. The van der Waals surface area contributed by atoms with E-state index in [-0.39, 0.29) is 18.4 Å². The van der Waals surface area contributed by atoms with E-state index in [0.29, 0.717) is 25.0 Å². The highest BCUT2D eigenvalue weighted by Crippen LogP contribution is 2.38. The molecule has 3 rings (SSSR count). The van der Waals surface area contributed by atoms with Gasteiger partial charge in [-0.3, -0.25) is 9.69 Å². The Balaban J connectivity index is 2.16. The number of likely N-dealkylation sites (tertiary alicyclic amines) is 1. The van der Waals surface area contributed by atoms with Crippen LogP contribution in [0, 0.1) is 0 Å². The van der Waals surface area contributed by atoms with Gasteiger partial charge in [-0.1, -0.05) is 12.1 Å². The smallest absolute Gasteiger partial charge is 0.433 e. The lowest BCUT2D eigenvalue weighted by molar-refractivity contribution is -0.142. The number of fused-ring (bicyclic) bond motifs is 1. The summed E-state index contributed by atoms with van der Waals surface area (Å²) >= 11 is 0. The van der Waals surface area contributed by atoms with Gasteiger partial charge in [-0.15, -0.1) is 0 Å². The minimum Gasteiger partial charge on any atom is -0.444 e. The third-order valence-corrected chi connectivity index (χ3v) is 5.13. The molecule has 0 unspecified atom stereocenters. The summed E-state index contributed by atoms with van der Waals surface area (Å²) in [6, 6.07) is 2.01. The first-order valence-electron chi connectivity index (χ1n) is 10.2. The van der Waals surface area contributed by atoms with Gasteiger partial charge >= 0.3 is 18.4 Å². The van der Waals surface area contributed by atoms with Gasteiger partial charge in [0.2, 0.25) is 0 Å². The van der Waals surface area contributed by atoms with Crippen LogP contribution in [0.15, 0.2) is 24.3 Å². The Hall–Kier alpha value is -2.85. The number of carbonyl (C=O) groups excluding carboxylic acids is 2. The maximum absolute atomic E-state index is 13.5. The molecule has 1 aromatic heterocycles. The molecule has 33 heavy (non-hydrogen) atoms. The maximum atomic E-state index is 13.5. The summed E-state index contributed by atoms with van der Waals surface area (Å²) in [5, 5.41) is -0.363. The number of pyridine rings is 1. The van der Waals surface area contributed by atoms with Gasteiger partial charge in [0.25, 0.3) is 0 Å². The zero-order valence-electron chi connectivity index (χ0n) is 18.1. The highest BCUT2D eigenvalue weighted by Gasteiger charge is 2.40. The number of ketones is 1. The van der Waals surface area contributed by atoms with E-state index in [1.54, 1.807) is 20.8 Å². The predicted molar refractivity (Wildman–Crippen MR) is 107 cm³/mol. The summed E-state index contributed by atoms with van der Waals surface area (Å²) in [4.78, 5) is 30.4. The van der Waals surface area contributed by atoms with Crippen LogP contribution in [-0.4, -0.2) is 39.9 Å². The van der Waals surface area contributed by atoms with Crippen LogP contribution in [0.25, 0.3) is 10.9 Å². The normalized spacial score (nSPS) is 17.8. The first-order chi connectivity index (χ1) is 15.1. The molecular formula is C22H22F6N2O3. The summed E-state index contributed by atoms with van der Waals surface area (Å²) in [6.45, 7) is 5.00. The second-order valence-electron chi connectivity index (χ2n) is 8.80. The van der Waals surface area contributed by atoms with Crippen molar-refractivity contribution >= 4 is 22.8 Å².